The number of aryl methyl sites for hydroxylation is 1. The molecule has 2 aromatic heterocycles. The molecule has 18 heavy (non-hydrogen) atoms. The molecule has 0 radical (unpaired) electrons. The highest BCUT2D eigenvalue weighted by Gasteiger charge is 2.29. The lowest BCUT2D eigenvalue weighted by molar-refractivity contribution is 0.390. The molecule has 0 saturated carbocycles. The number of nitrogens with zero attached hydrogens (tertiary/aromatic N) is 1. The molecule has 0 aliphatic heterocycles. The first-order valence-electron chi connectivity index (χ1n) is 5.75. The van der Waals surface area contributed by atoms with E-state index < -0.39 is 5.76 Å². The first-order chi connectivity index (χ1) is 8.65. The second-order valence-corrected chi connectivity index (χ2v) is 4.41. The van der Waals surface area contributed by atoms with E-state index in [4.69, 9.17) is 4.42 Å². The summed E-state index contributed by atoms with van der Waals surface area (Å²) in [6.07, 6.45) is 3.82. The number of pyridine rings is 1. The van der Waals surface area contributed by atoms with Crippen molar-refractivity contribution >= 4 is 0 Å². The molecule has 6 nitrogen and oxygen atoms in total. The topological polar surface area (TPSA) is 99.4 Å². The zero-order valence-corrected chi connectivity index (χ0v) is 9.51. The maximum absolute atomic E-state index is 11.1. The fraction of sp³-hybridized carbons (Fsp3) is 0.333. The zero-order chi connectivity index (χ0) is 12.7. The molecule has 0 saturated heterocycles. The average molecular weight is 248 g/mol. The van der Waals surface area contributed by atoms with E-state index in [1.807, 2.05) is 0 Å². The van der Waals surface area contributed by atoms with Crippen LogP contribution in [0, 0.1) is 0 Å². The third-order valence-corrected chi connectivity index (χ3v) is 3.23. The summed E-state index contributed by atoms with van der Waals surface area (Å²) in [5, 5.41) is 19.0. The summed E-state index contributed by atoms with van der Waals surface area (Å²) >= 11 is 0. The fourth-order valence-corrected chi connectivity index (χ4v) is 2.48. The number of aromatic hydroxyl groups is 2. The predicted octanol–water partition coefficient (Wildman–Crippen LogP) is 1.24. The van der Waals surface area contributed by atoms with Crippen LogP contribution in [0.2, 0.25) is 0 Å². The van der Waals surface area contributed by atoms with E-state index in [2.05, 4.69) is 9.97 Å². The Kier molecular flexibility index (Phi) is 2.36. The monoisotopic (exact) mass is 248 g/mol. The summed E-state index contributed by atoms with van der Waals surface area (Å²) in [4.78, 5) is 17.5. The Hall–Kier alpha value is -2.24. The SMILES string of the molecule is O=c1[nH]c(O)c([C@@H]2CCCc3cc(O)cnc32)o1. The van der Waals surface area contributed by atoms with E-state index in [-0.39, 0.29) is 23.3 Å². The largest absolute Gasteiger partial charge is 0.506 e. The number of fused-ring (bicyclic) bond motifs is 1. The van der Waals surface area contributed by atoms with Gasteiger partial charge in [-0.15, -0.1) is 0 Å². The first-order valence-corrected chi connectivity index (χ1v) is 5.75. The molecule has 1 atom stereocenters. The van der Waals surface area contributed by atoms with Crippen molar-refractivity contribution in [3.05, 3.63) is 39.8 Å². The van der Waals surface area contributed by atoms with Gasteiger partial charge in [0.05, 0.1) is 17.8 Å². The number of hydrogen-bond donors (Lipinski definition) is 3. The minimum Gasteiger partial charge on any atom is -0.506 e. The predicted molar refractivity (Wildman–Crippen MR) is 61.7 cm³/mol. The van der Waals surface area contributed by atoms with Crippen molar-refractivity contribution < 1.29 is 14.6 Å². The van der Waals surface area contributed by atoms with Gasteiger partial charge in [0.1, 0.15) is 5.75 Å². The normalized spacial score (nSPS) is 18.6. The van der Waals surface area contributed by atoms with Gasteiger partial charge in [-0.25, -0.2) is 4.79 Å². The van der Waals surface area contributed by atoms with Crippen LogP contribution in [0.4, 0.5) is 0 Å². The van der Waals surface area contributed by atoms with Gasteiger partial charge in [-0.2, -0.15) is 0 Å². The van der Waals surface area contributed by atoms with Crippen molar-refractivity contribution in [2.75, 3.05) is 0 Å². The first kappa shape index (κ1) is 10.9. The van der Waals surface area contributed by atoms with Gasteiger partial charge in [0, 0.05) is 0 Å². The van der Waals surface area contributed by atoms with E-state index in [9.17, 15) is 15.0 Å². The van der Waals surface area contributed by atoms with Crippen LogP contribution >= 0.6 is 0 Å². The summed E-state index contributed by atoms with van der Waals surface area (Å²) in [5.74, 6) is -0.817. The van der Waals surface area contributed by atoms with Crippen LogP contribution in [0.3, 0.4) is 0 Å². The van der Waals surface area contributed by atoms with Gasteiger partial charge in [0.25, 0.3) is 0 Å². The van der Waals surface area contributed by atoms with Crippen molar-refractivity contribution in [2.24, 2.45) is 0 Å². The number of rotatable bonds is 1. The van der Waals surface area contributed by atoms with Crippen LogP contribution in [-0.4, -0.2) is 20.2 Å². The van der Waals surface area contributed by atoms with E-state index in [1.54, 1.807) is 6.07 Å². The van der Waals surface area contributed by atoms with Gasteiger partial charge in [-0.3, -0.25) is 9.97 Å². The smallest absolute Gasteiger partial charge is 0.419 e. The van der Waals surface area contributed by atoms with Crippen molar-refractivity contribution in [1.82, 2.24) is 9.97 Å². The van der Waals surface area contributed by atoms with E-state index in [0.717, 1.165) is 30.5 Å². The van der Waals surface area contributed by atoms with Crippen LogP contribution in [-0.2, 0) is 6.42 Å². The molecule has 1 aliphatic carbocycles. The second kappa shape index (κ2) is 3.90. The standard InChI is InChI=1S/C12H12N2O4/c15-7-4-6-2-1-3-8(9(6)13-5-7)10-11(16)14-12(17)18-10/h4-5,8,15-16H,1-3H2,(H,14,17)/t8-/m1/s1. The molecule has 3 rings (SSSR count). The quantitative estimate of drug-likeness (QED) is 0.705. The minimum atomic E-state index is -0.673. The highest BCUT2D eigenvalue weighted by Crippen LogP contribution is 2.38. The van der Waals surface area contributed by atoms with Gasteiger partial charge in [-0.1, -0.05) is 0 Å². The lowest BCUT2D eigenvalue weighted by Crippen LogP contribution is -2.12. The number of aromatic amines is 1. The molecule has 94 valence electrons. The molecule has 1 aliphatic rings. The van der Waals surface area contributed by atoms with Crippen molar-refractivity contribution in [1.29, 1.82) is 0 Å². The van der Waals surface area contributed by atoms with Gasteiger partial charge in [0.2, 0.25) is 5.88 Å². The van der Waals surface area contributed by atoms with E-state index >= 15 is 0 Å². The summed E-state index contributed by atoms with van der Waals surface area (Å²) in [7, 11) is 0. The Morgan fingerprint density at radius 1 is 1.44 bits per heavy atom. The third kappa shape index (κ3) is 1.66. The molecule has 2 aromatic rings. The van der Waals surface area contributed by atoms with Crippen LogP contribution in [0.5, 0.6) is 11.6 Å². The number of nitrogens with one attached hydrogen (secondary N) is 1. The van der Waals surface area contributed by atoms with Crippen LogP contribution < -0.4 is 5.76 Å². The lowest BCUT2D eigenvalue weighted by Gasteiger charge is -2.22. The highest BCUT2D eigenvalue weighted by atomic mass is 16.4. The fourth-order valence-electron chi connectivity index (χ4n) is 2.48. The maximum atomic E-state index is 11.1. The molecular formula is C12H12N2O4. The Bertz CT molecular complexity index is 644. The van der Waals surface area contributed by atoms with Crippen LogP contribution in [0.25, 0.3) is 0 Å². The number of oxazole rings is 1. The second-order valence-electron chi connectivity index (χ2n) is 4.41. The molecule has 6 heteroatoms. The molecule has 0 amide bonds. The van der Waals surface area contributed by atoms with E-state index in [1.165, 1.54) is 6.20 Å². The molecule has 3 N–H and O–H groups in total. The summed E-state index contributed by atoms with van der Waals surface area (Å²) < 4.78 is 4.98. The number of hydrogen-bond acceptors (Lipinski definition) is 5. The van der Waals surface area contributed by atoms with Crippen LogP contribution in [0.15, 0.2) is 21.5 Å². The molecular weight excluding hydrogens is 236 g/mol. The Balaban J connectivity index is 2.11. The van der Waals surface area contributed by atoms with E-state index in [0.29, 0.717) is 0 Å². The van der Waals surface area contributed by atoms with Gasteiger partial charge in [0.15, 0.2) is 5.76 Å². The molecule has 0 aromatic carbocycles. The Morgan fingerprint density at radius 3 is 3.00 bits per heavy atom. The maximum Gasteiger partial charge on any atom is 0.419 e. The lowest BCUT2D eigenvalue weighted by atomic mass is 9.85. The summed E-state index contributed by atoms with van der Waals surface area (Å²) in [6.45, 7) is 0. The molecule has 0 bridgehead atoms. The summed E-state index contributed by atoms with van der Waals surface area (Å²) in [6, 6.07) is 1.66. The number of aromatic nitrogens is 2. The molecule has 0 fully saturated rings. The Labute approximate surface area is 102 Å². The van der Waals surface area contributed by atoms with Crippen molar-refractivity contribution in [3.63, 3.8) is 0 Å². The van der Waals surface area contributed by atoms with Crippen molar-refractivity contribution in [2.45, 2.75) is 25.2 Å². The van der Waals surface area contributed by atoms with Gasteiger partial charge in [-0.05, 0) is 30.9 Å². The molecule has 0 spiro atoms. The summed E-state index contributed by atoms with van der Waals surface area (Å²) in [5.41, 5.74) is 1.67. The minimum absolute atomic E-state index is 0.120. The van der Waals surface area contributed by atoms with Crippen molar-refractivity contribution in [3.8, 4) is 11.6 Å². The highest BCUT2D eigenvalue weighted by molar-refractivity contribution is 5.37. The number of H-pyrrole nitrogens is 1. The molecule has 2 heterocycles. The van der Waals surface area contributed by atoms with Crippen LogP contribution in [0.1, 0.15) is 35.8 Å². The van der Waals surface area contributed by atoms with Gasteiger partial charge < -0.3 is 14.6 Å². The average Bonchev–Trinajstić information content (AvgIpc) is 2.67. The Morgan fingerprint density at radius 2 is 2.28 bits per heavy atom. The zero-order valence-electron chi connectivity index (χ0n) is 9.51. The third-order valence-electron chi connectivity index (χ3n) is 3.23. The molecule has 0 unspecified atom stereocenters. The van der Waals surface area contributed by atoms with Gasteiger partial charge >= 0.3 is 5.76 Å².